The van der Waals surface area contributed by atoms with Crippen molar-refractivity contribution >= 4 is 22.0 Å². The lowest BCUT2D eigenvalue weighted by atomic mass is 10.1. The van der Waals surface area contributed by atoms with E-state index in [2.05, 4.69) is 4.74 Å². The van der Waals surface area contributed by atoms with Crippen molar-refractivity contribution in [2.24, 2.45) is 0 Å². The van der Waals surface area contributed by atoms with Crippen molar-refractivity contribution in [1.82, 2.24) is 4.31 Å². The van der Waals surface area contributed by atoms with E-state index in [9.17, 15) is 18.0 Å². The van der Waals surface area contributed by atoms with E-state index in [1.165, 1.54) is 20.8 Å². The summed E-state index contributed by atoms with van der Waals surface area (Å²) in [7, 11) is -4.02. The molecule has 0 amide bonds. The van der Waals surface area contributed by atoms with E-state index >= 15 is 0 Å². The van der Waals surface area contributed by atoms with E-state index in [1.807, 2.05) is 0 Å². The molecular formula is C10H19NO6S. The maximum atomic E-state index is 12.0. The minimum Gasteiger partial charge on any atom is -0.480 e. The van der Waals surface area contributed by atoms with Gasteiger partial charge in [0.25, 0.3) is 0 Å². The number of esters is 1. The number of ether oxygens (including phenoxy) is 1. The molecule has 0 bridgehead atoms. The fraction of sp³-hybridized carbons (Fsp3) is 0.800. The van der Waals surface area contributed by atoms with E-state index in [-0.39, 0.29) is 13.2 Å². The highest BCUT2D eigenvalue weighted by Gasteiger charge is 2.41. The van der Waals surface area contributed by atoms with Crippen molar-refractivity contribution in [2.45, 2.75) is 33.2 Å². The van der Waals surface area contributed by atoms with Crippen LogP contribution in [0.25, 0.3) is 0 Å². The summed E-state index contributed by atoms with van der Waals surface area (Å²) in [6.45, 7) is 5.63. The maximum absolute atomic E-state index is 12.0. The third-order valence-corrected chi connectivity index (χ3v) is 4.36. The van der Waals surface area contributed by atoms with Crippen LogP contribution in [0.1, 0.15) is 27.7 Å². The molecule has 0 aromatic carbocycles. The van der Waals surface area contributed by atoms with Crippen LogP contribution in [-0.4, -0.2) is 54.2 Å². The number of nitrogens with zero attached hydrogens (tertiary/aromatic N) is 1. The summed E-state index contributed by atoms with van der Waals surface area (Å²) in [4.78, 5) is 22.3. The second-order valence-corrected chi connectivity index (χ2v) is 5.98. The molecule has 0 heterocycles. The summed E-state index contributed by atoms with van der Waals surface area (Å²) < 4.78 is 29.3. The predicted octanol–water partition coefficient (Wildman–Crippen LogP) is 0.0644. The molecule has 0 aliphatic rings. The fourth-order valence-corrected chi connectivity index (χ4v) is 3.18. The second kappa shape index (κ2) is 6.14. The van der Waals surface area contributed by atoms with Crippen molar-refractivity contribution in [1.29, 1.82) is 0 Å². The normalized spacial score (nSPS) is 12.5. The van der Waals surface area contributed by atoms with Crippen LogP contribution < -0.4 is 0 Å². The van der Waals surface area contributed by atoms with Crippen molar-refractivity contribution in [3.63, 3.8) is 0 Å². The lowest BCUT2D eigenvalue weighted by Gasteiger charge is -2.32. The molecule has 0 aromatic heterocycles. The van der Waals surface area contributed by atoms with Gasteiger partial charge in [0.2, 0.25) is 10.0 Å². The second-order valence-electron chi connectivity index (χ2n) is 4.09. The molecule has 0 atom stereocenters. The van der Waals surface area contributed by atoms with E-state index in [0.29, 0.717) is 0 Å². The van der Waals surface area contributed by atoms with Crippen LogP contribution in [0.15, 0.2) is 0 Å². The first kappa shape index (κ1) is 16.9. The Morgan fingerprint density at radius 2 is 1.78 bits per heavy atom. The average Bonchev–Trinajstić information content (AvgIpc) is 2.16. The minimum absolute atomic E-state index is 0.0406. The van der Waals surface area contributed by atoms with Gasteiger partial charge in [-0.25, -0.2) is 8.42 Å². The van der Waals surface area contributed by atoms with Gasteiger partial charge in [-0.2, -0.15) is 4.31 Å². The molecule has 7 nitrogen and oxygen atoms in total. The molecule has 0 aliphatic heterocycles. The number of rotatable bonds is 7. The van der Waals surface area contributed by atoms with Gasteiger partial charge in [0.1, 0.15) is 5.54 Å². The van der Waals surface area contributed by atoms with E-state index in [1.54, 1.807) is 6.92 Å². The van der Waals surface area contributed by atoms with E-state index < -0.39 is 33.3 Å². The summed E-state index contributed by atoms with van der Waals surface area (Å²) in [6, 6.07) is 0. The first-order chi connectivity index (χ1) is 8.09. The molecule has 0 aliphatic carbocycles. The molecule has 0 radical (unpaired) electrons. The van der Waals surface area contributed by atoms with Gasteiger partial charge in [0, 0.05) is 6.54 Å². The Balaban J connectivity index is 5.18. The summed E-state index contributed by atoms with van der Waals surface area (Å²) >= 11 is 0. The van der Waals surface area contributed by atoms with Crippen LogP contribution in [0.4, 0.5) is 0 Å². The van der Waals surface area contributed by atoms with Crippen LogP contribution in [0.5, 0.6) is 0 Å². The number of aliphatic carboxylic acids is 1. The molecule has 106 valence electrons. The number of likely N-dealkylation sites (N-methyl/N-ethyl adjacent to an activating group) is 1. The third kappa shape index (κ3) is 3.95. The molecule has 0 aromatic rings. The van der Waals surface area contributed by atoms with Gasteiger partial charge in [0.05, 0.1) is 6.61 Å². The first-order valence-corrected chi connectivity index (χ1v) is 7.10. The van der Waals surface area contributed by atoms with Gasteiger partial charge in [0.15, 0.2) is 5.75 Å². The van der Waals surface area contributed by atoms with E-state index in [4.69, 9.17) is 5.11 Å². The molecule has 0 saturated heterocycles. The summed E-state index contributed by atoms with van der Waals surface area (Å²) in [6.07, 6.45) is 0. The Kier molecular flexibility index (Phi) is 5.75. The average molecular weight is 281 g/mol. The largest absolute Gasteiger partial charge is 0.480 e. The number of hydrogen-bond donors (Lipinski definition) is 1. The fourth-order valence-electron chi connectivity index (χ4n) is 1.48. The maximum Gasteiger partial charge on any atom is 0.324 e. The van der Waals surface area contributed by atoms with Gasteiger partial charge in [-0.05, 0) is 20.8 Å². The molecule has 0 rings (SSSR count). The van der Waals surface area contributed by atoms with Crippen LogP contribution in [0, 0.1) is 0 Å². The highest BCUT2D eigenvalue weighted by molar-refractivity contribution is 7.89. The number of carbonyl (C=O) groups is 2. The van der Waals surface area contributed by atoms with Crippen molar-refractivity contribution in [3.8, 4) is 0 Å². The Morgan fingerprint density at radius 1 is 1.28 bits per heavy atom. The molecule has 8 heteroatoms. The molecule has 0 spiro atoms. The van der Waals surface area contributed by atoms with Crippen molar-refractivity contribution < 1.29 is 27.9 Å². The number of hydrogen-bond acceptors (Lipinski definition) is 5. The topological polar surface area (TPSA) is 101 Å². The summed E-state index contributed by atoms with van der Waals surface area (Å²) in [5, 5.41) is 9.02. The lowest BCUT2D eigenvalue weighted by molar-refractivity contribution is -0.146. The number of sulfonamides is 1. The molecule has 0 fully saturated rings. The highest BCUT2D eigenvalue weighted by atomic mass is 32.2. The smallest absolute Gasteiger partial charge is 0.324 e. The molecule has 18 heavy (non-hydrogen) atoms. The van der Waals surface area contributed by atoms with Crippen molar-refractivity contribution in [2.75, 3.05) is 18.9 Å². The van der Waals surface area contributed by atoms with Gasteiger partial charge in [-0.3, -0.25) is 9.59 Å². The van der Waals surface area contributed by atoms with Gasteiger partial charge in [-0.1, -0.05) is 6.92 Å². The summed E-state index contributed by atoms with van der Waals surface area (Å²) in [5.41, 5.74) is -1.61. The zero-order valence-electron chi connectivity index (χ0n) is 11.0. The number of carboxylic acids is 1. The standard InChI is InChI=1S/C10H19NO6S/c1-5-11(10(3,4)9(13)14)18(15,16)7-8(12)17-6-2/h5-7H2,1-4H3,(H,13,14). The van der Waals surface area contributed by atoms with Crippen LogP contribution >= 0.6 is 0 Å². The van der Waals surface area contributed by atoms with Crippen LogP contribution in [-0.2, 0) is 24.3 Å². The van der Waals surface area contributed by atoms with Gasteiger partial charge in [-0.15, -0.1) is 0 Å². The highest BCUT2D eigenvalue weighted by Crippen LogP contribution is 2.19. The zero-order chi connectivity index (χ0) is 14.6. The molecule has 1 N–H and O–H groups in total. The minimum atomic E-state index is -4.02. The van der Waals surface area contributed by atoms with Crippen LogP contribution in [0.3, 0.4) is 0 Å². The monoisotopic (exact) mass is 281 g/mol. The quantitative estimate of drug-likeness (QED) is 0.662. The summed E-state index contributed by atoms with van der Waals surface area (Å²) in [5.74, 6) is -3.03. The van der Waals surface area contributed by atoms with E-state index in [0.717, 1.165) is 4.31 Å². The lowest BCUT2D eigenvalue weighted by Crippen LogP contribution is -2.54. The SMILES string of the molecule is CCOC(=O)CS(=O)(=O)N(CC)C(C)(C)C(=O)O. The zero-order valence-corrected chi connectivity index (χ0v) is 11.8. The Bertz CT molecular complexity index is 414. The Morgan fingerprint density at radius 3 is 2.11 bits per heavy atom. The van der Waals surface area contributed by atoms with Crippen molar-refractivity contribution in [3.05, 3.63) is 0 Å². The molecule has 0 saturated carbocycles. The Labute approximate surface area is 107 Å². The molecule has 0 unspecified atom stereocenters. The third-order valence-electron chi connectivity index (χ3n) is 2.38. The van der Waals surface area contributed by atoms with Crippen LogP contribution in [0.2, 0.25) is 0 Å². The first-order valence-electron chi connectivity index (χ1n) is 5.49. The Hall–Kier alpha value is -1.15. The van der Waals surface area contributed by atoms with Gasteiger partial charge >= 0.3 is 11.9 Å². The molecular weight excluding hydrogens is 262 g/mol. The van der Waals surface area contributed by atoms with Gasteiger partial charge < -0.3 is 9.84 Å². The number of carbonyl (C=O) groups excluding carboxylic acids is 1. The number of carboxylic acid groups (broad SMARTS) is 1. The predicted molar refractivity (Wildman–Crippen MR) is 64.5 cm³/mol.